The van der Waals surface area contributed by atoms with Crippen molar-refractivity contribution in [2.24, 2.45) is 5.84 Å². The smallest absolute Gasteiger partial charge is 0.216 e. The molecule has 0 spiro atoms. The lowest BCUT2D eigenvalue weighted by molar-refractivity contribution is 0.393. The second kappa shape index (κ2) is 6.65. The van der Waals surface area contributed by atoms with E-state index in [-0.39, 0.29) is 6.04 Å². The van der Waals surface area contributed by atoms with Gasteiger partial charge >= 0.3 is 0 Å². The van der Waals surface area contributed by atoms with Crippen LogP contribution in [0.1, 0.15) is 34.0 Å². The SMILES string of the molecule is COc1cc(C(Cc2c(C)cc(C)cc2C)NN)ncn1. The summed E-state index contributed by atoms with van der Waals surface area (Å²) in [4.78, 5) is 8.32. The summed E-state index contributed by atoms with van der Waals surface area (Å²) in [6.45, 7) is 6.37. The molecule has 0 bridgehead atoms. The number of nitrogens with two attached hydrogens (primary N) is 1. The van der Waals surface area contributed by atoms with Gasteiger partial charge in [0.25, 0.3) is 0 Å². The maximum atomic E-state index is 5.72. The van der Waals surface area contributed by atoms with Gasteiger partial charge in [0.15, 0.2) is 0 Å². The van der Waals surface area contributed by atoms with E-state index in [0.29, 0.717) is 5.88 Å². The van der Waals surface area contributed by atoms with Crippen LogP contribution >= 0.6 is 0 Å². The first-order valence-electron chi connectivity index (χ1n) is 6.94. The number of hydrogen-bond donors (Lipinski definition) is 2. The Bertz CT molecular complexity index is 604. The van der Waals surface area contributed by atoms with Gasteiger partial charge in [0, 0.05) is 6.07 Å². The van der Waals surface area contributed by atoms with E-state index in [4.69, 9.17) is 10.6 Å². The lowest BCUT2D eigenvalue weighted by atomic mass is 9.93. The van der Waals surface area contributed by atoms with E-state index in [9.17, 15) is 0 Å². The standard InChI is InChI=1S/C16H22N4O/c1-10-5-11(2)13(12(3)6-10)7-15(20-17)14-8-16(21-4)19-9-18-14/h5-6,8-9,15,20H,7,17H2,1-4H3. The second-order valence-electron chi connectivity index (χ2n) is 5.29. The van der Waals surface area contributed by atoms with Crippen molar-refractivity contribution in [2.45, 2.75) is 33.2 Å². The number of hydrazine groups is 1. The Balaban J connectivity index is 2.31. The summed E-state index contributed by atoms with van der Waals surface area (Å²) in [7, 11) is 1.59. The van der Waals surface area contributed by atoms with Crippen molar-refractivity contribution >= 4 is 0 Å². The number of nitrogens with one attached hydrogen (secondary N) is 1. The van der Waals surface area contributed by atoms with Crippen molar-refractivity contribution < 1.29 is 4.74 Å². The highest BCUT2D eigenvalue weighted by molar-refractivity contribution is 5.38. The highest BCUT2D eigenvalue weighted by Crippen LogP contribution is 2.23. The molecule has 0 aliphatic rings. The second-order valence-corrected chi connectivity index (χ2v) is 5.29. The summed E-state index contributed by atoms with van der Waals surface area (Å²) in [5, 5.41) is 0. The van der Waals surface area contributed by atoms with E-state index < -0.39 is 0 Å². The van der Waals surface area contributed by atoms with E-state index in [1.807, 2.05) is 6.07 Å². The average molecular weight is 286 g/mol. The van der Waals surface area contributed by atoms with Crippen LogP contribution in [-0.4, -0.2) is 17.1 Å². The molecule has 0 saturated heterocycles. The fraction of sp³-hybridized carbons (Fsp3) is 0.375. The minimum absolute atomic E-state index is 0.0815. The Labute approximate surface area is 125 Å². The van der Waals surface area contributed by atoms with Gasteiger partial charge in [0.1, 0.15) is 6.33 Å². The van der Waals surface area contributed by atoms with Gasteiger partial charge in [-0.25, -0.2) is 9.97 Å². The number of methoxy groups -OCH3 is 1. The van der Waals surface area contributed by atoms with Gasteiger partial charge in [0.05, 0.1) is 18.8 Å². The molecule has 3 N–H and O–H groups in total. The molecule has 0 fully saturated rings. The molecule has 1 aromatic heterocycles. The predicted molar refractivity (Wildman–Crippen MR) is 83.0 cm³/mol. The molecule has 112 valence electrons. The highest BCUT2D eigenvalue weighted by Gasteiger charge is 2.16. The largest absolute Gasteiger partial charge is 0.481 e. The van der Waals surface area contributed by atoms with Gasteiger partial charge in [-0.2, -0.15) is 0 Å². The zero-order valence-electron chi connectivity index (χ0n) is 13.0. The van der Waals surface area contributed by atoms with Gasteiger partial charge in [-0.15, -0.1) is 0 Å². The molecule has 2 rings (SSSR count). The average Bonchev–Trinajstić information content (AvgIpc) is 2.46. The summed E-state index contributed by atoms with van der Waals surface area (Å²) >= 11 is 0. The van der Waals surface area contributed by atoms with Gasteiger partial charge in [-0.05, 0) is 43.9 Å². The molecule has 5 nitrogen and oxygen atoms in total. The van der Waals surface area contributed by atoms with Gasteiger partial charge in [0.2, 0.25) is 5.88 Å². The molecule has 1 atom stereocenters. The van der Waals surface area contributed by atoms with Crippen molar-refractivity contribution in [1.82, 2.24) is 15.4 Å². The molecule has 2 aromatic rings. The molecule has 21 heavy (non-hydrogen) atoms. The monoisotopic (exact) mass is 286 g/mol. The number of hydrogen-bond acceptors (Lipinski definition) is 5. The van der Waals surface area contributed by atoms with Crippen molar-refractivity contribution in [2.75, 3.05) is 7.11 Å². The Morgan fingerprint density at radius 1 is 1.14 bits per heavy atom. The third-order valence-corrected chi connectivity index (χ3v) is 3.68. The Hall–Kier alpha value is -1.98. The van der Waals surface area contributed by atoms with Crippen molar-refractivity contribution in [3.63, 3.8) is 0 Å². The van der Waals surface area contributed by atoms with Crippen LogP contribution in [-0.2, 0) is 6.42 Å². The molecule has 0 amide bonds. The highest BCUT2D eigenvalue weighted by atomic mass is 16.5. The van der Waals surface area contributed by atoms with E-state index >= 15 is 0 Å². The molecule has 1 unspecified atom stereocenters. The van der Waals surface area contributed by atoms with Crippen LogP contribution < -0.4 is 16.0 Å². The third-order valence-electron chi connectivity index (χ3n) is 3.68. The van der Waals surface area contributed by atoms with Gasteiger partial charge in [-0.1, -0.05) is 17.7 Å². The molecule has 1 aromatic carbocycles. The molecule has 0 aliphatic heterocycles. The van der Waals surface area contributed by atoms with E-state index in [1.54, 1.807) is 7.11 Å². The fourth-order valence-corrected chi connectivity index (χ4v) is 2.64. The summed E-state index contributed by atoms with van der Waals surface area (Å²) in [5.41, 5.74) is 8.77. The van der Waals surface area contributed by atoms with Crippen LogP contribution in [0.15, 0.2) is 24.5 Å². The topological polar surface area (TPSA) is 73.1 Å². The van der Waals surface area contributed by atoms with Crippen LogP contribution in [0.2, 0.25) is 0 Å². The zero-order chi connectivity index (χ0) is 15.4. The number of aromatic nitrogens is 2. The molecule has 5 heteroatoms. The normalized spacial score (nSPS) is 12.2. The van der Waals surface area contributed by atoms with E-state index in [2.05, 4.69) is 48.3 Å². The minimum atomic E-state index is -0.0815. The molecular weight excluding hydrogens is 264 g/mol. The first-order chi connectivity index (χ1) is 10.0. The summed E-state index contributed by atoms with van der Waals surface area (Å²) < 4.78 is 5.14. The van der Waals surface area contributed by atoms with Crippen LogP contribution in [0.5, 0.6) is 5.88 Å². The summed E-state index contributed by atoms with van der Waals surface area (Å²) in [5.74, 6) is 6.26. The van der Waals surface area contributed by atoms with Gasteiger partial charge < -0.3 is 4.74 Å². The number of nitrogens with zero attached hydrogens (tertiary/aromatic N) is 2. The third kappa shape index (κ3) is 3.56. The lowest BCUT2D eigenvalue weighted by Gasteiger charge is -2.19. The first kappa shape index (κ1) is 15.4. The predicted octanol–water partition coefficient (Wildman–Crippen LogP) is 2.16. The number of benzene rings is 1. The molecular formula is C16H22N4O. The fourth-order valence-electron chi connectivity index (χ4n) is 2.64. The molecule has 1 heterocycles. The van der Waals surface area contributed by atoms with Crippen LogP contribution in [0.4, 0.5) is 0 Å². The molecule has 0 saturated carbocycles. The Morgan fingerprint density at radius 2 is 1.81 bits per heavy atom. The maximum Gasteiger partial charge on any atom is 0.216 e. The van der Waals surface area contributed by atoms with Crippen molar-refractivity contribution in [1.29, 1.82) is 0 Å². The van der Waals surface area contributed by atoms with E-state index in [1.165, 1.54) is 28.6 Å². The lowest BCUT2D eigenvalue weighted by Crippen LogP contribution is -2.30. The Morgan fingerprint density at radius 3 is 2.38 bits per heavy atom. The van der Waals surface area contributed by atoms with Crippen molar-refractivity contribution in [3.8, 4) is 5.88 Å². The number of aryl methyl sites for hydroxylation is 3. The van der Waals surface area contributed by atoms with E-state index in [0.717, 1.165) is 12.1 Å². The Kier molecular flexibility index (Phi) is 4.88. The number of ether oxygens (including phenoxy) is 1. The van der Waals surface area contributed by atoms with Crippen LogP contribution in [0.25, 0.3) is 0 Å². The summed E-state index contributed by atoms with van der Waals surface area (Å²) in [6, 6.07) is 6.11. The molecule has 0 aliphatic carbocycles. The van der Waals surface area contributed by atoms with Crippen LogP contribution in [0, 0.1) is 20.8 Å². The van der Waals surface area contributed by atoms with Crippen LogP contribution in [0.3, 0.4) is 0 Å². The first-order valence-corrected chi connectivity index (χ1v) is 6.94. The maximum absolute atomic E-state index is 5.72. The van der Waals surface area contributed by atoms with Crippen molar-refractivity contribution in [3.05, 3.63) is 52.5 Å². The quantitative estimate of drug-likeness (QED) is 0.651. The number of rotatable bonds is 5. The zero-order valence-corrected chi connectivity index (χ0v) is 13.0. The van der Waals surface area contributed by atoms with Gasteiger partial charge in [-0.3, -0.25) is 11.3 Å². The minimum Gasteiger partial charge on any atom is -0.481 e. The molecule has 0 radical (unpaired) electrons. The summed E-state index contributed by atoms with van der Waals surface area (Å²) in [6.07, 6.45) is 2.27.